The Hall–Kier alpha value is -2.37. The van der Waals surface area contributed by atoms with Gasteiger partial charge in [-0.15, -0.1) is 0 Å². The number of hydrogen-bond acceptors (Lipinski definition) is 3. The summed E-state index contributed by atoms with van der Waals surface area (Å²) in [6.07, 6.45) is 7.56. The van der Waals surface area contributed by atoms with Crippen molar-refractivity contribution in [3.05, 3.63) is 42.0 Å². The maximum Gasteiger partial charge on any atom is 0.322 e. The van der Waals surface area contributed by atoms with Gasteiger partial charge < -0.3 is 10.2 Å². The van der Waals surface area contributed by atoms with Crippen molar-refractivity contribution in [2.45, 2.75) is 32.4 Å². The number of aromatic nitrogens is 3. The normalized spacial score (nSPS) is 14.0. The molecule has 2 aromatic rings. The van der Waals surface area contributed by atoms with Gasteiger partial charge in [-0.25, -0.2) is 4.79 Å². The number of hydrogen-bond donors (Lipinski definition) is 1. The average Bonchev–Trinajstić information content (AvgIpc) is 3.21. The fraction of sp³-hybridized carbons (Fsp3) is 0.400. The average molecular weight is 285 g/mol. The summed E-state index contributed by atoms with van der Waals surface area (Å²) in [7, 11) is 1.88. The number of rotatable bonds is 4. The SMILES string of the molecule is Cc1ccc(NC(=O)N(Cc2cnn(C)c2)C2CC2)cn1. The van der Waals surface area contributed by atoms with Crippen LogP contribution < -0.4 is 5.32 Å². The number of nitrogens with one attached hydrogen (secondary N) is 1. The maximum atomic E-state index is 12.5. The molecule has 0 saturated heterocycles. The second kappa shape index (κ2) is 5.55. The molecule has 0 spiro atoms. The smallest absolute Gasteiger partial charge is 0.317 e. The number of pyridine rings is 1. The molecule has 0 unspecified atom stereocenters. The van der Waals surface area contributed by atoms with E-state index in [1.54, 1.807) is 17.1 Å². The van der Waals surface area contributed by atoms with E-state index in [2.05, 4.69) is 15.4 Å². The second-order valence-electron chi connectivity index (χ2n) is 5.50. The largest absolute Gasteiger partial charge is 0.322 e. The Morgan fingerprint density at radius 3 is 2.81 bits per heavy atom. The molecule has 21 heavy (non-hydrogen) atoms. The van der Waals surface area contributed by atoms with Crippen molar-refractivity contribution in [3.8, 4) is 0 Å². The van der Waals surface area contributed by atoms with E-state index in [0.29, 0.717) is 12.6 Å². The van der Waals surface area contributed by atoms with E-state index in [1.807, 2.05) is 37.2 Å². The number of urea groups is 1. The summed E-state index contributed by atoms with van der Waals surface area (Å²) in [6, 6.07) is 4.02. The van der Waals surface area contributed by atoms with Crippen LogP contribution in [-0.4, -0.2) is 31.7 Å². The molecule has 1 fully saturated rings. The quantitative estimate of drug-likeness (QED) is 0.937. The first-order chi connectivity index (χ1) is 10.1. The molecule has 1 aliphatic rings. The summed E-state index contributed by atoms with van der Waals surface area (Å²) in [5.41, 5.74) is 2.70. The highest BCUT2D eigenvalue weighted by molar-refractivity contribution is 5.89. The minimum atomic E-state index is -0.0768. The Bertz CT molecular complexity index is 630. The molecule has 0 bridgehead atoms. The van der Waals surface area contributed by atoms with Gasteiger partial charge in [0.1, 0.15) is 0 Å². The van der Waals surface area contributed by atoms with E-state index in [4.69, 9.17) is 0 Å². The number of carbonyl (C=O) groups excluding carboxylic acids is 1. The van der Waals surface area contributed by atoms with Gasteiger partial charge in [0, 0.05) is 30.5 Å². The molecule has 6 heteroatoms. The van der Waals surface area contributed by atoms with Crippen molar-refractivity contribution in [1.82, 2.24) is 19.7 Å². The highest BCUT2D eigenvalue weighted by atomic mass is 16.2. The van der Waals surface area contributed by atoms with Gasteiger partial charge in [-0.05, 0) is 31.9 Å². The van der Waals surface area contributed by atoms with Crippen LogP contribution in [0.4, 0.5) is 10.5 Å². The fourth-order valence-corrected chi connectivity index (χ4v) is 2.24. The Morgan fingerprint density at radius 1 is 1.43 bits per heavy atom. The molecule has 1 aliphatic carbocycles. The third-order valence-electron chi connectivity index (χ3n) is 3.52. The number of amides is 2. The minimum Gasteiger partial charge on any atom is -0.317 e. The first kappa shape index (κ1) is 13.6. The molecule has 3 rings (SSSR count). The summed E-state index contributed by atoms with van der Waals surface area (Å²) in [6.45, 7) is 2.51. The van der Waals surface area contributed by atoms with Crippen LogP contribution in [-0.2, 0) is 13.6 Å². The molecule has 0 radical (unpaired) electrons. The summed E-state index contributed by atoms with van der Waals surface area (Å²) >= 11 is 0. The number of aryl methyl sites for hydroxylation is 2. The summed E-state index contributed by atoms with van der Waals surface area (Å²) in [5, 5.41) is 7.07. The third kappa shape index (κ3) is 3.39. The summed E-state index contributed by atoms with van der Waals surface area (Å²) < 4.78 is 1.75. The Labute approximate surface area is 123 Å². The number of anilines is 1. The van der Waals surface area contributed by atoms with Crippen molar-refractivity contribution in [2.24, 2.45) is 7.05 Å². The lowest BCUT2D eigenvalue weighted by Gasteiger charge is -2.22. The summed E-state index contributed by atoms with van der Waals surface area (Å²) in [5.74, 6) is 0. The Kier molecular flexibility index (Phi) is 3.60. The van der Waals surface area contributed by atoms with Gasteiger partial charge >= 0.3 is 6.03 Å². The zero-order valence-corrected chi connectivity index (χ0v) is 12.3. The van der Waals surface area contributed by atoms with E-state index in [0.717, 1.165) is 29.8 Å². The zero-order valence-electron chi connectivity index (χ0n) is 12.3. The van der Waals surface area contributed by atoms with Gasteiger partial charge in [-0.1, -0.05) is 0 Å². The van der Waals surface area contributed by atoms with Crippen molar-refractivity contribution in [2.75, 3.05) is 5.32 Å². The van der Waals surface area contributed by atoms with Crippen LogP contribution in [0.2, 0.25) is 0 Å². The monoisotopic (exact) mass is 285 g/mol. The predicted molar refractivity (Wildman–Crippen MR) is 79.8 cm³/mol. The maximum absolute atomic E-state index is 12.5. The lowest BCUT2D eigenvalue weighted by atomic mass is 10.3. The molecule has 0 aromatic carbocycles. The number of carbonyl (C=O) groups is 1. The van der Waals surface area contributed by atoms with Crippen LogP contribution in [0.15, 0.2) is 30.7 Å². The lowest BCUT2D eigenvalue weighted by Crippen LogP contribution is -2.36. The number of nitrogens with zero attached hydrogens (tertiary/aromatic N) is 4. The molecule has 2 aromatic heterocycles. The van der Waals surface area contributed by atoms with E-state index >= 15 is 0 Å². The highest BCUT2D eigenvalue weighted by Gasteiger charge is 2.32. The molecular weight excluding hydrogens is 266 g/mol. The van der Waals surface area contributed by atoms with Crippen molar-refractivity contribution < 1.29 is 4.79 Å². The molecule has 1 N–H and O–H groups in total. The lowest BCUT2D eigenvalue weighted by molar-refractivity contribution is 0.206. The van der Waals surface area contributed by atoms with Gasteiger partial charge in [-0.3, -0.25) is 9.67 Å². The van der Waals surface area contributed by atoms with Crippen LogP contribution in [0.3, 0.4) is 0 Å². The molecule has 110 valence electrons. The summed E-state index contributed by atoms with van der Waals surface area (Å²) in [4.78, 5) is 18.5. The molecule has 1 saturated carbocycles. The van der Waals surface area contributed by atoms with Crippen molar-refractivity contribution in [3.63, 3.8) is 0 Å². The van der Waals surface area contributed by atoms with Crippen LogP contribution in [0.25, 0.3) is 0 Å². The molecule has 0 aliphatic heterocycles. The van der Waals surface area contributed by atoms with Crippen molar-refractivity contribution in [1.29, 1.82) is 0 Å². The van der Waals surface area contributed by atoms with Gasteiger partial charge in [0.2, 0.25) is 0 Å². The van der Waals surface area contributed by atoms with E-state index in [9.17, 15) is 4.79 Å². The van der Waals surface area contributed by atoms with Crippen LogP contribution in [0, 0.1) is 6.92 Å². The second-order valence-corrected chi connectivity index (χ2v) is 5.50. The van der Waals surface area contributed by atoms with Crippen LogP contribution >= 0.6 is 0 Å². The van der Waals surface area contributed by atoms with Crippen LogP contribution in [0.1, 0.15) is 24.1 Å². The van der Waals surface area contributed by atoms with E-state index < -0.39 is 0 Å². The highest BCUT2D eigenvalue weighted by Crippen LogP contribution is 2.29. The van der Waals surface area contributed by atoms with Gasteiger partial charge in [-0.2, -0.15) is 5.10 Å². The topological polar surface area (TPSA) is 63.1 Å². The predicted octanol–water partition coefficient (Wildman–Crippen LogP) is 2.32. The third-order valence-corrected chi connectivity index (χ3v) is 3.52. The first-order valence-electron chi connectivity index (χ1n) is 7.09. The molecule has 0 atom stereocenters. The molecule has 2 amide bonds. The molecule has 6 nitrogen and oxygen atoms in total. The fourth-order valence-electron chi connectivity index (χ4n) is 2.24. The minimum absolute atomic E-state index is 0.0768. The van der Waals surface area contributed by atoms with E-state index in [1.165, 1.54) is 0 Å². The Morgan fingerprint density at radius 2 is 2.24 bits per heavy atom. The van der Waals surface area contributed by atoms with Gasteiger partial charge in [0.05, 0.1) is 24.6 Å². The van der Waals surface area contributed by atoms with E-state index in [-0.39, 0.29) is 6.03 Å². The first-order valence-corrected chi connectivity index (χ1v) is 7.09. The van der Waals surface area contributed by atoms with Gasteiger partial charge in [0.25, 0.3) is 0 Å². The van der Waals surface area contributed by atoms with Crippen molar-refractivity contribution >= 4 is 11.7 Å². The van der Waals surface area contributed by atoms with Crippen LogP contribution in [0.5, 0.6) is 0 Å². The zero-order chi connectivity index (χ0) is 14.8. The Balaban J connectivity index is 1.68. The molecular formula is C15H19N5O. The molecule has 2 heterocycles. The van der Waals surface area contributed by atoms with Gasteiger partial charge in [0.15, 0.2) is 0 Å². The standard InChI is InChI=1S/C15H19N5O/c1-11-3-4-13(8-16-11)18-15(21)20(14-5-6-14)10-12-7-17-19(2)9-12/h3-4,7-9,14H,5-6,10H2,1-2H3,(H,18,21).